The van der Waals surface area contributed by atoms with Crippen molar-refractivity contribution in [1.29, 1.82) is 0 Å². The highest BCUT2D eigenvalue weighted by Gasteiger charge is 1.98. The zero-order valence-corrected chi connectivity index (χ0v) is 12.1. The molecule has 0 aliphatic carbocycles. The van der Waals surface area contributed by atoms with Crippen molar-refractivity contribution in [2.75, 3.05) is 19.6 Å². The summed E-state index contributed by atoms with van der Waals surface area (Å²) in [6.07, 6.45) is 3.88. The Bertz CT molecular complexity index is 229. The Hall–Kier alpha value is -0.820. The van der Waals surface area contributed by atoms with E-state index in [9.17, 15) is 0 Å². The van der Waals surface area contributed by atoms with Crippen LogP contribution < -0.4 is 0 Å². The number of aryl methyl sites for hydroxylation is 1. The summed E-state index contributed by atoms with van der Waals surface area (Å²) < 4.78 is 0. The minimum absolute atomic E-state index is 1.28. The SMILES string of the molecule is CCCN(CCC)CCC.Cc1ccccc1. The molecule has 0 heterocycles. The van der Waals surface area contributed by atoms with Crippen LogP contribution in [0.1, 0.15) is 45.6 Å². The van der Waals surface area contributed by atoms with Gasteiger partial charge in [0.15, 0.2) is 0 Å². The molecular weight excluding hydrogens is 206 g/mol. The van der Waals surface area contributed by atoms with Crippen molar-refractivity contribution in [1.82, 2.24) is 4.90 Å². The first-order valence-corrected chi connectivity index (χ1v) is 6.98. The Morgan fingerprint density at radius 3 is 1.41 bits per heavy atom. The number of nitrogens with zero attached hydrogens (tertiary/aromatic N) is 1. The first kappa shape index (κ1) is 16.2. The summed E-state index contributed by atoms with van der Waals surface area (Å²) in [5.74, 6) is 0. The third kappa shape index (κ3) is 10.1. The zero-order valence-electron chi connectivity index (χ0n) is 12.1. The fourth-order valence-electron chi connectivity index (χ4n) is 1.82. The molecule has 0 atom stereocenters. The van der Waals surface area contributed by atoms with E-state index in [1.165, 1.54) is 44.5 Å². The van der Waals surface area contributed by atoms with Crippen LogP contribution in [0.15, 0.2) is 30.3 Å². The molecule has 98 valence electrons. The maximum absolute atomic E-state index is 2.54. The molecule has 1 nitrogen and oxygen atoms in total. The lowest BCUT2D eigenvalue weighted by molar-refractivity contribution is 0.275. The molecule has 0 aromatic heterocycles. The standard InChI is InChI=1S/C9H21N.C7H8/c1-4-7-10(8-5-2)9-6-3;1-7-5-3-2-4-6-7/h4-9H2,1-3H3;2-6H,1H3. The van der Waals surface area contributed by atoms with E-state index in [-0.39, 0.29) is 0 Å². The molecule has 0 radical (unpaired) electrons. The Labute approximate surface area is 108 Å². The van der Waals surface area contributed by atoms with E-state index < -0.39 is 0 Å². The fraction of sp³-hybridized carbons (Fsp3) is 0.625. The Balaban J connectivity index is 0.000000318. The molecule has 0 bridgehead atoms. The molecule has 1 heteroatoms. The average Bonchev–Trinajstić information content (AvgIpc) is 2.32. The monoisotopic (exact) mass is 235 g/mol. The van der Waals surface area contributed by atoms with E-state index in [1.54, 1.807) is 0 Å². The summed E-state index contributed by atoms with van der Waals surface area (Å²) in [5.41, 5.74) is 1.32. The second kappa shape index (κ2) is 11.7. The molecule has 0 unspecified atom stereocenters. The fourth-order valence-corrected chi connectivity index (χ4v) is 1.82. The zero-order chi connectivity index (χ0) is 12.9. The third-order valence-electron chi connectivity index (χ3n) is 2.56. The highest BCUT2D eigenvalue weighted by molar-refractivity contribution is 5.11. The van der Waals surface area contributed by atoms with E-state index in [4.69, 9.17) is 0 Å². The summed E-state index contributed by atoms with van der Waals surface area (Å²) >= 11 is 0. The van der Waals surface area contributed by atoms with Crippen molar-refractivity contribution < 1.29 is 0 Å². The van der Waals surface area contributed by atoms with Gasteiger partial charge in [0, 0.05) is 0 Å². The lowest BCUT2D eigenvalue weighted by atomic mass is 10.2. The molecule has 17 heavy (non-hydrogen) atoms. The van der Waals surface area contributed by atoms with Crippen molar-refractivity contribution in [2.24, 2.45) is 0 Å². The van der Waals surface area contributed by atoms with Gasteiger partial charge in [0.1, 0.15) is 0 Å². The molecule has 1 rings (SSSR count). The van der Waals surface area contributed by atoms with Crippen LogP contribution in [-0.4, -0.2) is 24.5 Å². The van der Waals surface area contributed by atoms with Gasteiger partial charge in [-0.15, -0.1) is 0 Å². The number of rotatable bonds is 6. The van der Waals surface area contributed by atoms with Crippen molar-refractivity contribution in [3.8, 4) is 0 Å². The quantitative estimate of drug-likeness (QED) is 0.701. The second-order valence-corrected chi connectivity index (χ2v) is 4.50. The lowest BCUT2D eigenvalue weighted by Crippen LogP contribution is -2.25. The predicted octanol–water partition coefficient (Wildman–Crippen LogP) is 4.51. The molecule has 1 aromatic rings. The van der Waals surface area contributed by atoms with Gasteiger partial charge < -0.3 is 4.90 Å². The van der Waals surface area contributed by atoms with Crippen molar-refractivity contribution in [2.45, 2.75) is 47.0 Å². The number of hydrogen-bond acceptors (Lipinski definition) is 1. The van der Waals surface area contributed by atoms with Gasteiger partial charge in [0.2, 0.25) is 0 Å². The largest absolute Gasteiger partial charge is 0.303 e. The molecule has 0 fully saturated rings. The highest BCUT2D eigenvalue weighted by Crippen LogP contribution is 1.94. The van der Waals surface area contributed by atoms with Crippen LogP contribution in [0, 0.1) is 6.92 Å². The van der Waals surface area contributed by atoms with Crippen LogP contribution in [0.5, 0.6) is 0 Å². The van der Waals surface area contributed by atoms with Gasteiger partial charge in [0.25, 0.3) is 0 Å². The summed E-state index contributed by atoms with van der Waals surface area (Å²) in [4.78, 5) is 2.54. The summed E-state index contributed by atoms with van der Waals surface area (Å²) in [6, 6.07) is 10.3. The maximum Gasteiger partial charge on any atom is -0.00214 e. The van der Waals surface area contributed by atoms with Gasteiger partial charge in [-0.05, 0) is 45.8 Å². The third-order valence-corrected chi connectivity index (χ3v) is 2.56. The molecule has 0 amide bonds. The average molecular weight is 235 g/mol. The predicted molar refractivity (Wildman–Crippen MR) is 78.5 cm³/mol. The highest BCUT2D eigenvalue weighted by atomic mass is 15.1. The van der Waals surface area contributed by atoms with E-state index in [1.807, 2.05) is 18.2 Å². The van der Waals surface area contributed by atoms with Gasteiger partial charge in [-0.25, -0.2) is 0 Å². The van der Waals surface area contributed by atoms with E-state index in [2.05, 4.69) is 44.7 Å². The summed E-state index contributed by atoms with van der Waals surface area (Å²) in [5, 5.41) is 0. The van der Waals surface area contributed by atoms with Crippen molar-refractivity contribution in [3.63, 3.8) is 0 Å². The maximum atomic E-state index is 2.54. The number of benzene rings is 1. The molecular formula is C16H29N. The van der Waals surface area contributed by atoms with Gasteiger partial charge in [-0.2, -0.15) is 0 Å². The Morgan fingerprint density at radius 2 is 1.18 bits per heavy atom. The topological polar surface area (TPSA) is 3.24 Å². The van der Waals surface area contributed by atoms with Crippen molar-refractivity contribution >= 4 is 0 Å². The van der Waals surface area contributed by atoms with Crippen LogP contribution in [0.3, 0.4) is 0 Å². The van der Waals surface area contributed by atoms with Crippen LogP contribution in [0.25, 0.3) is 0 Å². The molecule has 0 spiro atoms. The first-order valence-electron chi connectivity index (χ1n) is 6.98. The van der Waals surface area contributed by atoms with Gasteiger partial charge >= 0.3 is 0 Å². The lowest BCUT2D eigenvalue weighted by Gasteiger charge is -2.19. The smallest absolute Gasteiger partial charge is 0.00214 e. The van der Waals surface area contributed by atoms with Crippen LogP contribution >= 0.6 is 0 Å². The summed E-state index contributed by atoms with van der Waals surface area (Å²) in [6.45, 7) is 12.7. The Morgan fingerprint density at radius 1 is 0.765 bits per heavy atom. The van der Waals surface area contributed by atoms with Crippen LogP contribution in [0.4, 0.5) is 0 Å². The molecule has 0 saturated heterocycles. The van der Waals surface area contributed by atoms with E-state index in [0.29, 0.717) is 0 Å². The molecule has 0 aliphatic rings. The minimum atomic E-state index is 1.28. The van der Waals surface area contributed by atoms with Crippen molar-refractivity contribution in [3.05, 3.63) is 35.9 Å². The molecule has 0 saturated carbocycles. The van der Waals surface area contributed by atoms with Gasteiger partial charge in [0.05, 0.1) is 0 Å². The number of hydrogen-bond donors (Lipinski definition) is 0. The van der Waals surface area contributed by atoms with Crippen LogP contribution in [0.2, 0.25) is 0 Å². The Kier molecular flexibility index (Phi) is 11.1. The molecule has 0 N–H and O–H groups in total. The normalized spacial score (nSPS) is 9.94. The van der Waals surface area contributed by atoms with E-state index >= 15 is 0 Å². The minimum Gasteiger partial charge on any atom is -0.303 e. The first-order chi connectivity index (χ1) is 8.24. The van der Waals surface area contributed by atoms with Gasteiger partial charge in [-0.3, -0.25) is 0 Å². The van der Waals surface area contributed by atoms with Crippen LogP contribution in [-0.2, 0) is 0 Å². The van der Waals surface area contributed by atoms with Gasteiger partial charge in [-0.1, -0.05) is 56.7 Å². The second-order valence-electron chi connectivity index (χ2n) is 4.50. The molecule has 1 aromatic carbocycles. The summed E-state index contributed by atoms with van der Waals surface area (Å²) in [7, 11) is 0. The molecule has 0 aliphatic heterocycles. The van der Waals surface area contributed by atoms with E-state index in [0.717, 1.165) is 0 Å².